The smallest absolute Gasteiger partial charge is 0.309 e. The van der Waals surface area contributed by atoms with E-state index in [0.717, 1.165) is 36.0 Å². The highest BCUT2D eigenvalue weighted by molar-refractivity contribution is 5.74. The zero-order chi connectivity index (χ0) is 16.7. The molecule has 0 aliphatic heterocycles. The van der Waals surface area contributed by atoms with E-state index in [0.29, 0.717) is 5.92 Å². The molecular formula is C22H34O2. The molecule has 0 saturated heterocycles. The van der Waals surface area contributed by atoms with Crippen LogP contribution in [0.4, 0.5) is 0 Å². The molecule has 6 bridgehead atoms. The molecule has 0 N–H and O–H groups in total. The number of carbonyl (C=O) groups excluding carboxylic acids is 1. The molecule has 6 rings (SSSR count). The maximum Gasteiger partial charge on any atom is 0.309 e. The van der Waals surface area contributed by atoms with E-state index < -0.39 is 0 Å². The van der Waals surface area contributed by atoms with Crippen LogP contribution in [0.25, 0.3) is 0 Å². The SMILES string of the molecule is CC1CC2CC1CC2C(=O)OC(C)(C)C12CC3CC(CC(C3)C1)C2. The number of hydrogen-bond donors (Lipinski definition) is 0. The first kappa shape index (κ1) is 15.7. The van der Waals surface area contributed by atoms with Crippen molar-refractivity contribution in [2.24, 2.45) is 46.8 Å². The molecule has 0 aromatic heterocycles. The van der Waals surface area contributed by atoms with Crippen LogP contribution in [-0.4, -0.2) is 11.6 Å². The van der Waals surface area contributed by atoms with Gasteiger partial charge in [-0.25, -0.2) is 0 Å². The molecule has 0 amide bonds. The first-order chi connectivity index (χ1) is 11.4. The zero-order valence-corrected chi connectivity index (χ0v) is 15.7. The van der Waals surface area contributed by atoms with Gasteiger partial charge >= 0.3 is 5.97 Å². The molecule has 0 heterocycles. The lowest BCUT2D eigenvalue weighted by Gasteiger charge is -2.61. The van der Waals surface area contributed by atoms with Crippen molar-refractivity contribution in [3.05, 3.63) is 0 Å². The Labute approximate surface area is 147 Å². The van der Waals surface area contributed by atoms with Crippen molar-refractivity contribution in [3.8, 4) is 0 Å². The quantitative estimate of drug-likeness (QED) is 0.664. The van der Waals surface area contributed by atoms with Crippen molar-refractivity contribution >= 4 is 5.97 Å². The van der Waals surface area contributed by atoms with E-state index in [1.807, 2.05) is 0 Å². The predicted molar refractivity (Wildman–Crippen MR) is 94.3 cm³/mol. The van der Waals surface area contributed by atoms with E-state index in [-0.39, 0.29) is 22.9 Å². The van der Waals surface area contributed by atoms with Crippen molar-refractivity contribution in [2.45, 2.75) is 84.2 Å². The van der Waals surface area contributed by atoms with Crippen LogP contribution in [-0.2, 0) is 9.53 Å². The standard InChI is InChI=1S/C22H34O2/c1-13-4-18-8-17(13)9-19(18)20(23)24-21(2,3)22-10-14-5-15(11-22)7-16(6-14)12-22/h13-19H,4-12H2,1-3H3. The van der Waals surface area contributed by atoms with Crippen LogP contribution in [0.5, 0.6) is 0 Å². The maximum atomic E-state index is 13.0. The highest BCUT2D eigenvalue weighted by atomic mass is 16.6. The number of rotatable bonds is 3. The van der Waals surface area contributed by atoms with Crippen LogP contribution in [0.3, 0.4) is 0 Å². The Bertz CT molecular complexity index is 511. The molecule has 4 unspecified atom stereocenters. The molecule has 2 nitrogen and oxygen atoms in total. The van der Waals surface area contributed by atoms with Crippen molar-refractivity contribution in [2.75, 3.05) is 0 Å². The summed E-state index contributed by atoms with van der Waals surface area (Å²) in [5, 5.41) is 0. The van der Waals surface area contributed by atoms with Crippen molar-refractivity contribution < 1.29 is 9.53 Å². The molecule has 2 heteroatoms. The number of carbonyl (C=O) groups is 1. The fraction of sp³-hybridized carbons (Fsp3) is 0.955. The summed E-state index contributed by atoms with van der Waals surface area (Å²) in [6.45, 7) is 6.85. The summed E-state index contributed by atoms with van der Waals surface area (Å²) in [5.74, 6) is 5.33. The van der Waals surface area contributed by atoms with Crippen LogP contribution >= 0.6 is 0 Å². The van der Waals surface area contributed by atoms with Gasteiger partial charge in [-0.2, -0.15) is 0 Å². The first-order valence-electron chi connectivity index (χ1n) is 10.6. The van der Waals surface area contributed by atoms with Crippen molar-refractivity contribution in [3.63, 3.8) is 0 Å². The summed E-state index contributed by atoms with van der Waals surface area (Å²) in [4.78, 5) is 13.0. The number of esters is 1. The monoisotopic (exact) mass is 330 g/mol. The van der Waals surface area contributed by atoms with E-state index in [1.165, 1.54) is 51.4 Å². The van der Waals surface area contributed by atoms with Gasteiger partial charge in [0.2, 0.25) is 0 Å². The van der Waals surface area contributed by atoms with Crippen molar-refractivity contribution in [1.29, 1.82) is 0 Å². The van der Waals surface area contributed by atoms with Gasteiger partial charge in [0.15, 0.2) is 0 Å². The fourth-order valence-corrected chi connectivity index (χ4v) is 8.14. The van der Waals surface area contributed by atoms with Gasteiger partial charge in [0.25, 0.3) is 0 Å². The fourth-order valence-electron chi connectivity index (χ4n) is 8.14. The van der Waals surface area contributed by atoms with Gasteiger partial charge in [-0.05, 0) is 107 Å². The van der Waals surface area contributed by atoms with Crippen molar-refractivity contribution in [1.82, 2.24) is 0 Å². The summed E-state index contributed by atoms with van der Waals surface area (Å²) >= 11 is 0. The third-order valence-corrected chi connectivity index (χ3v) is 9.18. The molecule has 24 heavy (non-hydrogen) atoms. The van der Waals surface area contributed by atoms with E-state index in [1.54, 1.807) is 0 Å². The summed E-state index contributed by atoms with van der Waals surface area (Å²) in [6, 6.07) is 0. The summed E-state index contributed by atoms with van der Waals surface area (Å²) in [6.07, 6.45) is 11.9. The lowest BCUT2D eigenvalue weighted by Crippen LogP contribution is -2.57. The lowest BCUT2D eigenvalue weighted by molar-refractivity contribution is -0.203. The normalized spacial score (nSPS) is 52.0. The molecule has 0 radical (unpaired) electrons. The van der Waals surface area contributed by atoms with E-state index >= 15 is 0 Å². The lowest BCUT2D eigenvalue weighted by atomic mass is 9.46. The number of fused-ring (bicyclic) bond motifs is 2. The summed E-state index contributed by atoms with van der Waals surface area (Å²) in [7, 11) is 0. The summed E-state index contributed by atoms with van der Waals surface area (Å²) < 4.78 is 6.36. The van der Waals surface area contributed by atoms with Gasteiger partial charge in [-0.3, -0.25) is 4.79 Å². The Morgan fingerprint density at radius 2 is 1.46 bits per heavy atom. The average Bonchev–Trinajstić information content (AvgIpc) is 3.04. The molecule has 0 spiro atoms. The van der Waals surface area contributed by atoms with Gasteiger partial charge in [0.1, 0.15) is 5.60 Å². The molecule has 6 aliphatic rings. The highest BCUT2D eigenvalue weighted by Crippen LogP contribution is 2.64. The minimum absolute atomic E-state index is 0.148. The van der Waals surface area contributed by atoms with E-state index in [2.05, 4.69) is 20.8 Å². The second kappa shape index (κ2) is 5.01. The Kier molecular flexibility index (Phi) is 3.28. The molecule has 4 atom stereocenters. The van der Waals surface area contributed by atoms with Gasteiger partial charge in [-0.15, -0.1) is 0 Å². The molecule has 0 aromatic carbocycles. The zero-order valence-electron chi connectivity index (χ0n) is 15.7. The first-order valence-corrected chi connectivity index (χ1v) is 10.6. The minimum atomic E-state index is -0.270. The highest BCUT2D eigenvalue weighted by Gasteiger charge is 2.59. The van der Waals surface area contributed by atoms with Crippen LogP contribution in [0.1, 0.15) is 78.6 Å². The Morgan fingerprint density at radius 3 is 1.92 bits per heavy atom. The van der Waals surface area contributed by atoms with Crippen LogP contribution < -0.4 is 0 Å². The molecule has 0 aromatic rings. The third-order valence-electron chi connectivity index (χ3n) is 9.18. The van der Waals surface area contributed by atoms with E-state index in [9.17, 15) is 4.79 Å². The molecule has 134 valence electrons. The minimum Gasteiger partial charge on any atom is -0.459 e. The largest absolute Gasteiger partial charge is 0.459 e. The molecular weight excluding hydrogens is 296 g/mol. The van der Waals surface area contributed by atoms with Crippen LogP contribution in [0.2, 0.25) is 0 Å². The average molecular weight is 331 g/mol. The Hall–Kier alpha value is -0.530. The second-order valence-corrected chi connectivity index (χ2v) is 10.9. The maximum absolute atomic E-state index is 13.0. The van der Waals surface area contributed by atoms with E-state index in [4.69, 9.17) is 4.74 Å². The van der Waals surface area contributed by atoms with Crippen LogP contribution in [0, 0.1) is 46.8 Å². The topological polar surface area (TPSA) is 26.3 Å². The van der Waals surface area contributed by atoms with Gasteiger partial charge < -0.3 is 4.74 Å². The molecule has 6 fully saturated rings. The van der Waals surface area contributed by atoms with Crippen LogP contribution in [0.15, 0.2) is 0 Å². The third kappa shape index (κ3) is 2.16. The van der Waals surface area contributed by atoms with Gasteiger partial charge in [0.05, 0.1) is 5.92 Å². The second-order valence-electron chi connectivity index (χ2n) is 10.9. The van der Waals surface area contributed by atoms with Gasteiger partial charge in [0, 0.05) is 5.41 Å². The number of ether oxygens (including phenoxy) is 1. The van der Waals surface area contributed by atoms with Gasteiger partial charge in [-0.1, -0.05) is 6.92 Å². The number of hydrogen-bond acceptors (Lipinski definition) is 2. The predicted octanol–water partition coefficient (Wildman–Crippen LogP) is 5.21. The Balaban J connectivity index is 1.32. The summed E-state index contributed by atoms with van der Waals surface area (Å²) in [5.41, 5.74) is 0.00979. The molecule has 6 aliphatic carbocycles. The Morgan fingerprint density at radius 1 is 0.875 bits per heavy atom. The molecule has 6 saturated carbocycles.